The number of fused-ring (bicyclic) bond motifs is 4. The van der Waals surface area contributed by atoms with Crippen molar-refractivity contribution in [2.75, 3.05) is 32.4 Å². The third kappa shape index (κ3) is 9.42. The molecular weight excluding hydrogens is 610 g/mol. The molecule has 2 aromatic heterocycles. The maximum absolute atomic E-state index is 13.3. The van der Waals surface area contributed by atoms with Crippen LogP contribution in [0.25, 0.3) is 0 Å². The molecule has 44 heavy (non-hydrogen) atoms. The zero-order valence-corrected chi connectivity index (χ0v) is 26.2. The maximum atomic E-state index is 13.3. The molecule has 0 aliphatic carbocycles. The van der Waals surface area contributed by atoms with E-state index in [0.29, 0.717) is 11.4 Å². The predicted molar refractivity (Wildman–Crippen MR) is 161 cm³/mol. The number of carbonyl (C=O) groups excluding carboxylic acids is 4. The summed E-state index contributed by atoms with van der Waals surface area (Å²) in [7, 11) is -3.68. The van der Waals surface area contributed by atoms with E-state index in [1.807, 2.05) is 44.2 Å². The van der Waals surface area contributed by atoms with Crippen molar-refractivity contribution < 1.29 is 32.0 Å². The minimum absolute atomic E-state index is 0.000333. The lowest BCUT2D eigenvalue weighted by atomic mass is 10.0. The van der Waals surface area contributed by atoms with E-state index in [-0.39, 0.29) is 42.7 Å². The van der Waals surface area contributed by atoms with Gasteiger partial charge in [-0.25, -0.2) is 23.1 Å². The number of aromatic nitrogens is 2. The number of amides is 4. The average Bonchev–Trinajstić information content (AvgIpc) is 3.65. The monoisotopic (exact) mass is 645 g/mol. The molecule has 4 amide bonds. The summed E-state index contributed by atoms with van der Waals surface area (Å²) in [5.41, 5.74) is 0.991. The first kappa shape index (κ1) is 32.8. The molecule has 16 heteroatoms. The van der Waals surface area contributed by atoms with Gasteiger partial charge in [-0.05, 0) is 17.9 Å². The lowest BCUT2D eigenvalue weighted by Gasteiger charge is -2.24. The van der Waals surface area contributed by atoms with Gasteiger partial charge < -0.3 is 25.3 Å². The van der Waals surface area contributed by atoms with Gasteiger partial charge in [-0.3, -0.25) is 19.2 Å². The standard InChI is InChI=1S/C28H35N7O7S2/c1-17(2)11-20-28-34-22(16-43-28)25(38)29-9-10-35(24(37)13-30-44(3,40)41)14-23(36)31-19(12-18-7-5-4-6-8-18)27-33-21(15-42-27)26(39)32-20/h4-8,15-17,19-20,30H,9-14H2,1-3H3,(H,29,38)(H,31,36)(H,32,39)/t19-,20-/m0/s1. The third-order valence-corrected chi connectivity index (χ3v) is 8.20. The van der Waals surface area contributed by atoms with Crippen LogP contribution >= 0.6 is 11.3 Å². The number of oxazole rings is 1. The summed E-state index contributed by atoms with van der Waals surface area (Å²) in [5.74, 6) is -1.98. The molecule has 1 aliphatic heterocycles. The van der Waals surface area contributed by atoms with E-state index in [9.17, 15) is 27.6 Å². The Kier molecular flexibility index (Phi) is 10.8. The molecule has 0 spiro atoms. The van der Waals surface area contributed by atoms with Gasteiger partial charge in [0.25, 0.3) is 11.8 Å². The number of hydrogen-bond donors (Lipinski definition) is 4. The molecule has 0 unspecified atom stereocenters. The van der Waals surface area contributed by atoms with E-state index >= 15 is 0 Å². The Labute approximate surface area is 259 Å². The number of thiazole rings is 1. The Morgan fingerprint density at radius 1 is 1.09 bits per heavy atom. The summed E-state index contributed by atoms with van der Waals surface area (Å²) in [6.45, 7) is 2.87. The molecular formula is C28H35N7O7S2. The summed E-state index contributed by atoms with van der Waals surface area (Å²) in [4.78, 5) is 62.3. The maximum Gasteiger partial charge on any atom is 0.273 e. The summed E-state index contributed by atoms with van der Waals surface area (Å²) in [6.07, 6.45) is 2.95. The van der Waals surface area contributed by atoms with E-state index in [1.54, 1.807) is 5.38 Å². The van der Waals surface area contributed by atoms with Crippen LogP contribution in [0, 0.1) is 5.92 Å². The summed E-state index contributed by atoms with van der Waals surface area (Å²) < 4.78 is 31.0. The highest BCUT2D eigenvalue weighted by Crippen LogP contribution is 2.26. The number of nitrogens with one attached hydrogen (secondary N) is 4. The van der Waals surface area contributed by atoms with Crippen molar-refractivity contribution in [3.05, 3.63) is 69.8 Å². The second kappa shape index (κ2) is 14.5. The van der Waals surface area contributed by atoms with Gasteiger partial charge in [-0.2, -0.15) is 0 Å². The van der Waals surface area contributed by atoms with Crippen molar-refractivity contribution in [2.24, 2.45) is 5.92 Å². The Morgan fingerprint density at radius 2 is 1.84 bits per heavy atom. The molecule has 2 atom stereocenters. The quantitative estimate of drug-likeness (QED) is 0.292. The van der Waals surface area contributed by atoms with Crippen molar-refractivity contribution in [2.45, 2.75) is 38.8 Å². The summed E-state index contributed by atoms with van der Waals surface area (Å²) in [5, 5.41) is 10.6. The second-order valence-corrected chi connectivity index (χ2v) is 13.5. The van der Waals surface area contributed by atoms with E-state index in [1.165, 1.54) is 17.6 Å². The molecule has 4 N–H and O–H groups in total. The number of sulfonamides is 1. The smallest absolute Gasteiger partial charge is 0.273 e. The fraction of sp³-hybridized carbons (Fsp3) is 0.429. The van der Waals surface area contributed by atoms with Crippen LogP contribution in [0.4, 0.5) is 0 Å². The van der Waals surface area contributed by atoms with Gasteiger partial charge in [0.05, 0.1) is 25.4 Å². The van der Waals surface area contributed by atoms with Crippen LogP contribution in [0.2, 0.25) is 0 Å². The van der Waals surface area contributed by atoms with Crippen LogP contribution < -0.4 is 20.7 Å². The van der Waals surface area contributed by atoms with E-state index < -0.39 is 58.8 Å². The van der Waals surface area contributed by atoms with Crippen molar-refractivity contribution in [1.82, 2.24) is 35.5 Å². The molecule has 0 radical (unpaired) electrons. The molecule has 236 valence electrons. The average molecular weight is 646 g/mol. The topological polar surface area (TPSA) is 193 Å². The van der Waals surface area contributed by atoms with Crippen molar-refractivity contribution >= 4 is 45.0 Å². The highest BCUT2D eigenvalue weighted by Gasteiger charge is 2.28. The molecule has 0 saturated heterocycles. The molecule has 1 aromatic carbocycles. The normalized spacial score (nSPS) is 18.6. The van der Waals surface area contributed by atoms with E-state index in [0.717, 1.165) is 16.7 Å². The van der Waals surface area contributed by atoms with Gasteiger partial charge in [-0.15, -0.1) is 11.3 Å². The van der Waals surface area contributed by atoms with Gasteiger partial charge in [0.1, 0.15) is 23.0 Å². The number of rotatable bonds is 7. The lowest BCUT2D eigenvalue weighted by Crippen LogP contribution is -2.48. The largest absolute Gasteiger partial charge is 0.446 e. The predicted octanol–water partition coefficient (Wildman–Crippen LogP) is 1.17. The number of carbonyl (C=O) groups is 4. The number of hydrogen-bond acceptors (Lipinski definition) is 10. The number of benzene rings is 1. The van der Waals surface area contributed by atoms with Crippen LogP contribution in [0.3, 0.4) is 0 Å². The first-order valence-electron chi connectivity index (χ1n) is 13.9. The summed E-state index contributed by atoms with van der Waals surface area (Å²) in [6, 6.07) is 7.97. The third-order valence-electron chi connectivity index (χ3n) is 6.58. The Bertz CT molecular complexity index is 1590. The van der Waals surface area contributed by atoms with Crippen molar-refractivity contribution in [1.29, 1.82) is 0 Å². The highest BCUT2D eigenvalue weighted by molar-refractivity contribution is 7.88. The zero-order chi connectivity index (χ0) is 31.9. The fourth-order valence-electron chi connectivity index (χ4n) is 4.48. The number of nitrogens with zero attached hydrogens (tertiary/aromatic N) is 3. The first-order chi connectivity index (χ1) is 20.9. The van der Waals surface area contributed by atoms with Gasteiger partial charge >= 0.3 is 0 Å². The Balaban J connectivity index is 1.67. The van der Waals surface area contributed by atoms with Gasteiger partial charge in [0.15, 0.2) is 5.69 Å². The van der Waals surface area contributed by atoms with Gasteiger partial charge in [0.2, 0.25) is 27.7 Å². The van der Waals surface area contributed by atoms with E-state index in [2.05, 4.69) is 30.6 Å². The van der Waals surface area contributed by atoms with E-state index in [4.69, 9.17) is 4.42 Å². The Morgan fingerprint density at radius 3 is 2.55 bits per heavy atom. The van der Waals surface area contributed by atoms with Crippen LogP contribution in [-0.2, 0) is 26.0 Å². The minimum atomic E-state index is -3.68. The fourth-order valence-corrected chi connectivity index (χ4v) is 5.73. The molecule has 3 aromatic rings. The summed E-state index contributed by atoms with van der Waals surface area (Å²) >= 11 is 1.23. The van der Waals surface area contributed by atoms with Crippen LogP contribution in [0.15, 0.2) is 46.4 Å². The molecule has 0 saturated carbocycles. The van der Waals surface area contributed by atoms with Gasteiger partial charge in [-0.1, -0.05) is 44.2 Å². The minimum Gasteiger partial charge on any atom is -0.446 e. The molecule has 3 heterocycles. The molecule has 14 nitrogen and oxygen atoms in total. The second-order valence-electron chi connectivity index (χ2n) is 10.8. The lowest BCUT2D eigenvalue weighted by molar-refractivity contribution is -0.135. The molecule has 0 fully saturated rings. The van der Waals surface area contributed by atoms with Crippen LogP contribution in [0.1, 0.15) is 69.8 Å². The van der Waals surface area contributed by atoms with Gasteiger partial charge in [0, 0.05) is 24.9 Å². The molecule has 1 aliphatic rings. The highest BCUT2D eigenvalue weighted by atomic mass is 32.2. The first-order valence-corrected chi connectivity index (χ1v) is 16.7. The molecule has 4 bridgehead atoms. The SMILES string of the molecule is CC(C)C[C@@H]1NC(=O)c2coc(n2)[C@H](Cc2ccccc2)NC(=O)CN(C(=O)CNS(C)(=O)=O)CCNC(=O)c2csc1n2. The van der Waals surface area contributed by atoms with Crippen molar-refractivity contribution in [3.8, 4) is 0 Å². The molecule has 4 rings (SSSR count). The van der Waals surface area contributed by atoms with Crippen molar-refractivity contribution in [3.63, 3.8) is 0 Å². The Hall–Kier alpha value is -4.15. The zero-order valence-electron chi connectivity index (χ0n) is 24.5. The van der Waals surface area contributed by atoms with Crippen LogP contribution in [0.5, 0.6) is 0 Å². The van der Waals surface area contributed by atoms with Crippen LogP contribution in [-0.4, -0.2) is 79.3 Å².